The summed E-state index contributed by atoms with van der Waals surface area (Å²) in [5.41, 5.74) is 4.49. The molecule has 0 spiro atoms. The van der Waals surface area contributed by atoms with E-state index in [0.29, 0.717) is 36.3 Å². The van der Waals surface area contributed by atoms with Crippen LogP contribution in [0, 0.1) is 11.6 Å². The first-order chi connectivity index (χ1) is 16.4. The van der Waals surface area contributed by atoms with Crippen LogP contribution in [0.25, 0.3) is 10.9 Å². The molecular weight excluding hydrogens is 462 g/mol. The number of anilines is 1. The quantitative estimate of drug-likeness (QED) is 0.602. The Kier molecular flexibility index (Phi) is 7.86. The summed E-state index contributed by atoms with van der Waals surface area (Å²) in [6.45, 7) is 7.76. The number of ether oxygens (including phenoxy) is 2. The molecule has 9 nitrogen and oxygen atoms in total. The summed E-state index contributed by atoms with van der Waals surface area (Å²) in [5, 5.41) is 0.123. The standard InChI is InChI=1S/C24H32F2N4O5/c1-5-34-19(31)9-13-30(22(27)32)21-17(25)14-18-16(20(21)26)8-12-29(18)15-6-10-28(11-7-15)23(33)35-24(2,3)4/h8,12,14-15H,5-7,9-11,13H2,1-4H3,(H2,27,32). The Morgan fingerprint density at radius 1 is 1.20 bits per heavy atom. The second-order valence-corrected chi connectivity index (χ2v) is 9.42. The first-order valence-electron chi connectivity index (χ1n) is 11.6. The molecule has 2 N–H and O–H groups in total. The van der Waals surface area contributed by atoms with E-state index in [0.717, 1.165) is 6.07 Å². The lowest BCUT2D eigenvalue weighted by Gasteiger charge is -2.34. The number of hydrogen-bond donors (Lipinski definition) is 1. The van der Waals surface area contributed by atoms with Crippen LogP contribution >= 0.6 is 0 Å². The van der Waals surface area contributed by atoms with Crippen LogP contribution in [-0.2, 0) is 14.3 Å². The average molecular weight is 495 g/mol. The summed E-state index contributed by atoms with van der Waals surface area (Å²) in [5.74, 6) is -2.51. The fraction of sp³-hybridized carbons (Fsp3) is 0.542. The fourth-order valence-electron chi connectivity index (χ4n) is 4.21. The monoisotopic (exact) mass is 494 g/mol. The van der Waals surface area contributed by atoms with E-state index in [9.17, 15) is 14.4 Å². The highest BCUT2D eigenvalue weighted by Gasteiger charge is 2.30. The molecule has 0 unspecified atom stereocenters. The predicted octanol–water partition coefficient (Wildman–Crippen LogP) is 4.33. The maximum absolute atomic E-state index is 15.4. The molecule has 0 bridgehead atoms. The molecule has 0 saturated carbocycles. The Morgan fingerprint density at radius 2 is 1.86 bits per heavy atom. The van der Waals surface area contributed by atoms with Gasteiger partial charge in [0.25, 0.3) is 0 Å². The van der Waals surface area contributed by atoms with Crippen LogP contribution in [-0.4, -0.2) is 59.4 Å². The number of likely N-dealkylation sites (tertiary alicyclic amines) is 1. The number of aromatic nitrogens is 1. The normalized spacial score (nSPS) is 14.7. The van der Waals surface area contributed by atoms with Gasteiger partial charge in [-0.2, -0.15) is 0 Å². The molecule has 1 saturated heterocycles. The Balaban J connectivity index is 1.81. The van der Waals surface area contributed by atoms with Gasteiger partial charge in [-0.15, -0.1) is 0 Å². The van der Waals surface area contributed by atoms with Crippen molar-refractivity contribution in [1.82, 2.24) is 9.47 Å². The number of nitrogens with two attached hydrogens (primary N) is 1. The number of nitrogens with zero attached hydrogens (tertiary/aromatic N) is 3. The molecule has 1 aromatic heterocycles. The second kappa shape index (κ2) is 10.5. The number of halogens is 2. The van der Waals surface area contributed by atoms with Gasteiger partial charge < -0.3 is 24.7 Å². The zero-order valence-electron chi connectivity index (χ0n) is 20.5. The van der Waals surface area contributed by atoms with Crippen molar-refractivity contribution < 1.29 is 32.6 Å². The number of amides is 3. The van der Waals surface area contributed by atoms with E-state index in [-0.39, 0.29) is 37.1 Å². The van der Waals surface area contributed by atoms with Crippen molar-refractivity contribution in [2.45, 2.75) is 58.6 Å². The third-order valence-corrected chi connectivity index (χ3v) is 5.78. The smallest absolute Gasteiger partial charge is 0.410 e. The number of benzene rings is 1. The third-order valence-electron chi connectivity index (χ3n) is 5.78. The fourth-order valence-corrected chi connectivity index (χ4v) is 4.21. The Bertz CT molecular complexity index is 1100. The minimum absolute atomic E-state index is 0.0769. The molecule has 1 aliphatic rings. The number of fused-ring (bicyclic) bond motifs is 1. The van der Waals surface area contributed by atoms with Crippen molar-refractivity contribution in [2.75, 3.05) is 31.1 Å². The van der Waals surface area contributed by atoms with Gasteiger partial charge in [-0.05, 0) is 46.6 Å². The van der Waals surface area contributed by atoms with Crippen LogP contribution < -0.4 is 10.6 Å². The van der Waals surface area contributed by atoms with E-state index in [2.05, 4.69) is 0 Å². The van der Waals surface area contributed by atoms with E-state index in [1.807, 2.05) is 0 Å². The summed E-state index contributed by atoms with van der Waals surface area (Å²) < 4.78 is 42.6. The zero-order valence-corrected chi connectivity index (χ0v) is 20.5. The summed E-state index contributed by atoms with van der Waals surface area (Å²) in [6.07, 6.45) is 2.19. The van der Waals surface area contributed by atoms with Crippen molar-refractivity contribution in [3.8, 4) is 0 Å². The highest BCUT2D eigenvalue weighted by atomic mass is 19.1. The van der Waals surface area contributed by atoms with Gasteiger partial charge in [-0.25, -0.2) is 18.4 Å². The minimum Gasteiger partial charge on any atom is -0.466 e. The summed E-state index contributed by atoms with van der Waals surface area (Å²) in [6, 6.07) is 1.51. The van der Waals surface area contributed by atoms with Gasteiger partial charge in [0.15, 0.2) is 11.6 Å². The molecule has 2 heterocycles. The molecule has 1 fully saturated rings. The van der Waals surface area contributed by atoms with Crippen LogP contribution in [0.4, 0.5) is 24.1 Å². The van der Waals surface area contributed by atoms with Crippen molar-refractivity contribution >= 4 is 34.7 Å². The van der Waals surface area contributed by atoms with Gasteiger partial charge in [-0.3, -0.25) is 9.69 Å². The van der Waals surface area contributed by atoms with E-state index < -0.39 is 34.9 Å². The lowest BCUT2D eigenvalue weighted by atomic mass is 10.0. The molecule has 3 rings (SSSR count). The average Bonchev–Trinajstić information content (AvgIpc) is 3.18. The molecule has 35 heavy (non-hydrogen) atoms. The Hall–Kier alpha value is -3.37. The Labute approximate surface area is 202 Å². The number of primary amides is 1. The van der Waals surface area contributed by atoms with Crippen LogP contribution in [0.1, 0.15) is 53.0 Å². The maximum Gasteiger partial charge on any atom is 0.410 e. The molecule has 0 aliphatic carbocycles. The number of urea groups is 1. The van der Waals surface area contributed by atoms with Crippen LogP contribution in [0.15, 0.2) is 18.3 Å². The maximum atomic E-state index is 15.4. The van der Waals surface area contributed by atoms with E-state index >= 15 is 8.78 Å². The molecular formula is C24H32F2N4O5. The lowest BCUT2D eigenvalue weighted by molar-refractivity contribution is -0.142. The number of piperidine rings is 1. The zero-order chi connectivity index (χ0) is 25.9. The van der Waals surface area contributed by atoms with Crippen molar-refractivity contribution in [3.63, 3.8) is 0 Å². The van der Waals surface area contributed by atoms with Crippen LogP contribution in [0.2, 0.25) is 0 Å². The minimum atomic E-state index is -1.08. The highest BCUT2D eigenvalue weighted by Crippen LogP contribution is 2.35. The van der Waals surface area contributed by atoms with E-state index in [4.69, 9.17) is 15.2 Å². The predicted molar refractivity (Wildman–Crippen MR) is 126 cm³/mol. The number of carbonyl (C=O) groups excluding carboxylic acids is 3. The molecule has 192 valence electrons. The third kappa shape index (κ3) is 6.01. The Morgan fingerprint density at radius 3 is 2.43 bits per heavy atom. The first kappa shape index (κ1) is 26.2. The van der Waals surface area contributed by atoms with Crippen molar-refractivity contribution in [3.05, 3.63) is 30.0 Å². The highest BCUT2D eigenvalue weighted by molar-refractivity contribution is 5.95. The summed E-state index contributed by atoms with van der Waals surface area (Å²) in [4.78, 5) is 38.3. The number of rotatable bonds is 6. The number of carbonyl (C=O) groups is 3. The van der Waals surface area contributed by atoms with Gasteiger partial charge in [0.1, 0.15) is 11.3 Å². The summed E-state index contributed by atoms with van der Waals surface area (Å²) >= 11 is 0. The molecule has 1 aromatic carbocycles. The lowest BCUT2D eigenvalue weighted by Crippen LogP contribution is -2.42. The largest absolute Gasteiger partial charge is 0.466 e. The number of hydrogen-bond acceptors (Lipinski definition) is 5. The van der Waals surface area contributed by atoms with E-state index in [1.54, 1.807) is 43.4 Å². The topological polar surface area (TPSA) is 107 Å². The number of esters is 1. The summed E-state index contributed by atoms with van der Waals surface area (Å²) in [7, 11) is 0. The van der Waals surface area contributed by atoms with Crippen molar-refractivity contribution in [2.24, 2.45) is 5.73 Å². The van der Waals surface area contributed by atoms with Crippen molar-refractivity contribution in [1.29, 1.82) is 0 Å². The van der Waals surface area contributed by atoms with Crippen LogP contribution in [0.3, 0.4) is 0 Å². The van der Waals surface area contributed by atoms with Gasteiger partial charge in [0, 0.05) is 43.3 Å². The molecule has 0 radical (unpaired) electrons. The van der Waals surface area contributed by atoms with E-state index in [1.165, 1.54) is 6.07 Å². The first-order valence-corrected chi connectivity index (χ1v) is 11.6. The van der Waals surface area contributed by atoms with Gasteiger partial charge in [0.05, 0.1) is 18.5 Å². The van der Waals surface area contributed by atoms with Gasteiger partial charge in [-0.1, -0.05) is 0 Å². The molecule has 3 amide bonds. The molecule has 1 aliphatic heterocycles. The molecule has 0 atom stereocenters. The van der Waals surface area contributed by atoms with Gasteiger partial charge >= 0.3 is 18.1 Å². The SMILES string of the molecule is CCOC(=O)CCN(C(N)=O)c1c(F)cc2c(ccn2C2CCN(C(=O)OC(C)(C)C)CC2)c1F. The second-order valence-electron chi connectivity index (χ2n) is 9.42. The molecule has 2 aromatic rings. The van der Waals surface area contributed by atoms with Crippen LogP contribution in [0.5, 0.6) is 0 Å². The molecule has 11 heteroatoms. The van der Waals surface area contributed by atoms with Gasteiger partial charge in [0.2, 0.25) is 0 Å².